The zero-order chi connectivity index (χ0) is 18.2. The first-order valence-electron chi connectivity index (χ1n) is 7.46. The predicted octanol–water partition coefficient (Wildman–Crippen LogP) is 3.74. The molecule has 0 bridgehead atoms. The van der Waals surface area contributed by atoms with E-state index >= 15 is 0 Å². The zero-order valence-corrected chi connectivity index (χ0v) is 14.2. The molecule has 1 amide bonds. The lowest BCUT2D eigenvalue weighted by Crippen LogP contribution is -2.21. The van der Waals surface area contributed by atoms with Crippen LogP contribution in [0.25, 0.3) is 6.08 Å². The summed E-state index contributed by atoms with van der Waals surface area (Å²) in [6.45, 7) is 0.961. The molecule has 0 radical (unpaired) electrons. The van der Waals surface area contributed by atoms with Crippen molar-refractivity contribution < 1.29 is 19.1 Å². The van der Waals surface area contributed by atoms with Gasteiger partial charge < -0.3 is 10.1 Å². The number of ketones is 1. The van der Waals surface area contributed by atoms with E-state index in [0.29, 0.717) is 16.3 Å². The van der Waals surface area contributed by atoms with E-state index in [2.05, 4.69) is 5.32 Å². The Labute approximate surface area is 150 Å². The van der Waals surface area contributed by atoms with Gasteiger partial charge in [-0.1, -0.05) is 35.9 Å². The third-order valence-corrected chi connectivity index (χ3v) is 3.46. The Morgan fingerprint density at radius 3 is 2.44 bits per heavy atom. The highest BCUT2D eigenvalue weighted by molar-refractivity contribution is 6.30. The number of nitrogens with one attached hydrogen (secondary N) is 1. The third kappa shape index (κ3) is 5.90. The standard InChI is InChI=1S/C19H16ClNO4/c1-13(22)16-4-2-3-5-17(16)21-18(23)12-25-19(24)11-8-14-6-9-15(20)10-7-14/h2-11H,12H2,1H3,(H,21,23)/b11-8+. The summed E-state index contributed by atoms with van der Waals surface area (Å²) in [6, 6.07) is 13.5. The summed E-state index contributed by atoms with van der Waals surface area (Å²) in [5, 5.41) is 3.15. The van der Waals surface area contributed by atoms with Gasteiger partial charge in [0.1, 0.15) is 0 Å². The Morgan fingerprint density at radius 2 is 1.76 bits per heavy atom. The number of hydrogen-bond acceptors (Lipinski definition) is 4. The number of benzene rings is 2. The average molecular weight is 358 g/mol. The summed E-state index contributed by atoms with van der Waals surface area (Å²) in [7, 11) is 0. The molecule has 0 heterocycles. The number of hydrogen-bond donors (Lipinski definition) is 1. The molecule has 0 aliphatic carbocycles. The lowest BCUT2D eigenvalue weighted by atomic mass is 10.1. The molecule has 0 unspecified atom stereocenters. The van der Waals surface area contributed by atoms with Crippen molar-refractivity contribution in [3.63, 3.8) is 0 Å². The largest absolute Gasteiger partial charge is 0.452 e. The van der Waals surface area contributed by atoms with Gasteiger partial charge in [0.05, 0.1) is 5.69 Å². The number of Topliss-reactive ketones (excluding diaryl/α,β-unsaturated/α-hetero) is 1. The van der Waals surface area contributed by atoms with Gasteiger partial charge in [-0.05, 0) is 42.8 Å². The van der Waals surface area contributed by atoms with Crippen molar-refractivity contribution in [1.82, 2.24) is 0 Å². The summed E-state index contributed by atoms with van der Waals surface area (Å²) in [5.74, 6) is -1.34. The van der Waals surface area contributed by atoms with Gasteiger partial charge in [-0.2, -0.15) is 0 Å². The van der Waals surface area contributed by atoms with Gasteiger partial charge >= 0.3 is 5.97 Å². The quantitative estimate of drug-likeness (QED) is 0.485. The van der Waals surface area contributed by atoms with Crippen molar-refractivity contribution in [3.05, 3.63) is 70.8 Å². The number of halogens is 1. The number of carbonyl (C=O) groups is 3. The molecule has 0 saturated heterocycles. The van der Waals surface area contributed by atoms with Gasteiger partial charge in [0.15, 0.2) is 12.4 Å². The fourth-order valence-electron chi connectivity index (χ4n) is 2.01. The second kappa shape index (κ2) is 8.80. The maximum Gasteiger partial charge on any atom is 0.331 e. The molecule has 2 aromatic rings. The van der Waals surface area contributed by atoms with Gasteiger partial charge in [0.25, 0.3) is 5.91 Å². The average Bonchev–Trinajstić information content (AvgIpc) is 2.59. The topological polar surface area (TPSA) is 72.5 Å². The molecule has 0 spiro atoms. The molecular formula is C19H16ClNO4. The Balaban J connectivity index is 1.86. The minimum absolute atomic E-state index is 0.168. The van der Waals surface area contributed by atoms with Crippen LogP contribution in [-0.2, 0) is 14.3 Å². The van der Waals surface area contributed by atoms with Gasteiger partial charge in [-0.15, -0.1) is 0 Å². The second-order valence-electron chi connectivity index (χ2n) is 5.14. The number of para-hydroxylation sites is 1. The SMILES string of the molecule is CC(=O)c1ccccc1NC(=O)COC(=O)/C=C/c1ccc(Cl)cc1. The second-order valence-corrected chi connectivity index (χ2v) is 5.58. The van der Waals surface area contributed by atoms with Gasteiger partial charge in [0, 0.05) is 16.7 Å². The lowest BCUT2D eigenvalue weighted by molar-refractivity contribution is -0.142. The summed E-state index contributed by atoms with van der Waals surface area (Å²) in [6.07, 6.45) is 2.78. The van der Waals surface area contributed by atoms with Crippen molar-refractivity contribution in [1.29, 1.82) is 0 Å². The summed E-state index contributed by atoms with van der Waals surface area (Å²) in [4.78, 5) is 35.0. The van der Waals surface area contributed by atoms with Crippen molar-refractivity contribution in [2.24, 2.45) is 0 Å². The molecule has 0 fully saturated rings. The molecule has 0 aromatic heterocycles. The van der Waals surface area contributed by atoms with Crippen LogP contribution in [0.2, 0.25) is 5.02 Å². The molecule has 2 rings (SSSR count). The van der Waals surface area contributed by atoms with Crippen molar-refractivity contribution in [2.75, 3.05) is 11.9 Å². The van der Waals surface area contributed by atoms with Crippen LogP contribution in [0.3, 0.4) is 0 Å². The molecule has 0 saturated carbocycles. The van der Waals surface area contributed by atoms with E-state index in [9.17, 15) is 14.4 Å². The Hall–Kier alpha value is -2.92. The Bertz CT molecular complexity index is 812. The molecule has 1 N–H and O–H groups in total. The van der Waals surface area contributed by atoms with Gasteiger partial charge in [0.2, 0.25) is 0 Å². The van der Waals surface area contributed by atoms with Gasteiger partial charge in [-0.3, -0.25) is 9.59 Å². The summed E-state index contributed by atoms with van der Waals surface area (Å²) in [5.41, 5.74) is 1.55. The predicted molar refractivity (Wildman–Crippen MR) is 96.5 cm³/mol. The molecule has 5 nitrogen and oxygen atoms in total. The number of rotatable bonds is 6. The van der Waals surface area contributed by atoms with Crippen molar-refractivity contribution in [3.8, 4) is 0 Å². The molecule has 0 aliphatic heterocycles. The normalized spacial score (nSPS) is 10.5. The molecule has 2 aromatic carbocycles. The van der Waals surface area contributed by atoms with Crippen molar-refractivity contribution >= 4 is 41.0 Å². The van der Waals surface area contributed by atoms with Crippen LogP contribution in [0.5, 0.6) is 0 Å². The molecular weight excluding hydrogens is 342 g/mol. The van der Waals surface area contributed by atoms with Crippen LogP contribution in [-0.4, -0.2) is 24.3 Å². The van der Waals surface area contributed by atoms with E-state index in [0.717, 1.165) is 5.56 Å². The van der Waals surface area contributed by atoms with Crippen LogP contribution in [0.4, 0.5) is 5.69 Å². The smallest absolute Gasteiger partial charge is 0.331 e. The maximum atomic E-state index is 11.9. The number of carbonyl (C=O) groups excluding carboxylic acids is 3. The van der Waals surface area contributed by atoms with Crippen LogP contribution < -0.4 is 5.32 Å². The molecule has 25 heavy (non-hydrogen) atoms. The molecule has 6 heteroatoms. The van der Waals surface area contributed by atoms with Crippen LogP contribution in [0, 0.1) is 0 Å². The van der Waals surface area contributed by atoms with E-state index in [1.807, 2.05) is 0 Å². The monoisotopic (exact) mass is 357 g/mol. The van der Waals surface area contributed by atoms with E-state index in [4.69, 9.17) is 16.3 Å². The highest BCUT2D eigenvalue weighted by Crippen LogP contribution is 2.15. The van der Waals surface area contributed by atoms with Gasteiger partial charge in [-0.25, -0.2) is 4.79 Å². The van der Waals surface area contributed by atoms with E-state index in [1.54, 1.807) is 54.6 Å². The third-order valence-electron chi connectivity index (χ3n) is 3.21. The highest BCUT2D eigenvalue weighted by atomic mass is 35.5. The first kappa shape index (κ1) is 18.4. The zero-order valence-electron chi connectivity index (χ0n) is 13.5. The summed E-state index contributed by atoms with van der Waals surface area (Å²) < 4.78 is 4.87. The highest BCUT2D eigenvalue weighted by Gasteiger charge is 2.10. The molecule has 128 valence electrons. The Morgan fingerprint density at radius 1 is 1.08 bits per heavy atom. The Kier molecular flexibility index (Phi) is 6.48. The number of amides is 1. The van der Waals surface area contributed by atoms with E-state index < -0.39 is 18.5 Å². The number of ether oxygens (including phenoxy) is 1. The minimum Gasteiger partial charge on any atom is -0.452 e. The number of esters is 1. The first-order chi connectivity index (χ1) is 12.0. The fraction of sp³-hybridized carbons (Fsp3) is 0.105. The maximum absolute atomic E-state index is 11.9. The van der Waals surface area contributed by atoms with E-state index in [-0.39, 0.29) is 5.78 Å². The van der Waals surface area contributed by atoms with Crippen LogP contribution in [0.15, 0.2) is 54.6 Å². The van der Waals surface area contributed by atoms with E-state index in [1.165, 1.54) is 13.0 Å². The first-order valence-corrected chi connectivity index (χ1v) is 7.84. The minimum atomic E-state index is -0.648. The van der Waals surface area contributed by atoms with Crippen molar-refractivity contribution in [2.45, 2.75) is 6.92 Å². The lowest BCUT2D eigenvalue weighted by Gasteiger charge is -2.08. The number of anilines is 1. The summed E-state index contributed by atoms with van der Waals surface area (Å²) >= 11 is 5.77. The fourth-order valence-corrected chi connectivity index (χ4v) is 2.13. The van der Waals surface area contributed by atoms with Crippen LogP contribution in [0.1, 0.15) is 22.8 Å². The van der Waals surface area contributed by atoms with Crippen LogP contribution >= 0.6 is 11.6 Å². The molecule has 0 aliphatic rings. The molecule has 0 atom stereocenters.